The smallest absolute Gasteiger partial charge is 0.335 e. The molecule has 6 nitrogen and oxygen atoms in total. The van der Waals surface area contributed by atoms with E-state index in [0.29, 0.717) is 5.69 Å². The molecule has 144 valence electrons. The third-order valence-corrected chi connectivity index (χ3v) is 4.99. The molecule has 0 radical (unpaired) electrons. The molecule has 0 saturated heterocycles. The van der Waals surface area contributed by atoms with Crippen molar-refractivity contribution in [3.8, 4) is 17.0 Å². The van der Waals surface area contributed by atoms with Crippen molar-refractivity contribution in [3.05, 3.63) is 64.0 Å². The maximum Gasteiger partial charge on any atom is 0.335 e. The summed E-state index contributed by atoms with van der Waals surface area (Å²) < 4.78 is 5.42. The van der Waals surface area contributed by atoms with Gasteiger partial charge in [0.1, 0.15) is 10.8 Å². The Morgan fingerprint density at radius 1 is 1.21 bits per heavy atom. The van der Waals surface area contributed by atoms with Gasteiger partial charge in [-0.05, 0) is 42.8 Å². The number of nitrogens with one attached hydrogen (secondary N) is 1. The van der Waals surface area contributed by atoms with Crippen LogP contribution in [0, 0.1) is 6.92 Å². The van der Waals surface area contributed by atoms with Crippen molar-refractivity contribution in [2.24, 2.45) is 5.84 Å². The lowest BCUT2D eigenvalue weighted by Crippen LogP contribution is -2.37. The molecular formula is C21H22N4O2S. The number of anilines is 1. The van der Waals surface area contributed by atoms with Gasteiger partial charge >= 0.3 is 6.03 Å². The number of amides is 2. The Morgan fingerprint density at radius 2 is 2.00 bits per heavy atom. The van der Waals surface area contributed by atoms with Gasteiger partial charge in [0.05, 0.1) is 12.8 Å². The number of para-hydroxylation sites is 1. The van der Waals surface area contributed by atoms with Crippen molar-refractivity contribution in [1.82, 2.24) is 9.99 Å². The fraction of sp³-hybridized carbons (Fsp3) is 0.143. The number of aromatic nitrogens is 1. The molecule has 3 aromatic rings. The number of carbonyl (C=O) groups excluding carboxylic acids is 1. The minimum atomic E-state index is -0.382. The average molecular weight is 395 g/mol. The van der Waals surface area contributed by atoms with Gasteiger partial charge in [-0.1, -0.05) is 24.3 Å². The summed E-state index contributed by atoms with van der Waals surface area (Å²) in [4.78, 5) is 16.6. The average Bonchev–Trinajstić information content (AvgIpc) is 3.16. The van der Waals surface area contributed by atoms with E-state index in [1.165, 1.54) is 7.05 Å². The van der Waals surface area contributed by atoms with E-state index in [0.717, 1.165) is 38.2 Å². The Hall–Kier alpha value is -3.16. The Kier molecular flexibility index (Phi) is 6.08. The topological polar surface area (TPSA) is 80.5 Å². The fourth-order valence-electron chi connectivity index (χ4n) is 2.71. The van der Waals surface area contributed by atoms with Crippen LogP contribution in [-0.4, -0.2) is 30.2 Å². The van der Waals surface area contributed by atoms with Gasteiger partial charge < -0.3 is 10.1 Å². The van der Waals surface area contributed by atoms with Crippen molar-refractivity contribution >= 4 is 35.2 Å². The number of hydrazine groups is 1. The molecule has 0 spiro atoms. The zero-order chi connectivity index (χ0) is 20.1. The SMILES string of the molecule is COc1ccccc1-c1csc(/C=C/c2c(C)cccc2NC(=O)N(C)N)n1. The van der Waals surface area contributed by atoms with Gasteiger partial charge in [0.25, 0.3) is 0 Å². The summed E-state index contributed by atoms with van der Waals surface area (Å²) in [5.41, 5.74) is 4.46. The quantitative estimate of drug-likeness (QED) is 0.375. The van der Waals surface area contributed by atoms with E-state index >= 15 is 0 Å². The molecule has 0 aliphatic rings. The summed E-state index contributed by atoms with van der Waals surface area (Å²) >= 11 is 1.54. The van der Waals surface area contributed by atoms with Crippen molar-refractivity contribution in [1.29, 1.82) is 0 Å². The van der Waals surface area contributed by atoms with E-state index in [4.69, 9.17) is 10.6 Å². The molecule has 0 bridgehead atoms. The number of rotatable bonds is 5. The summed E-state index contributed by atoms with van der Waals surface area (Å²) in [5.74, 6) is 6.29. The summed E-state index contributed by atoms with van der Waals surface area (Å²) in [6.45, 7) is 1.99. The van der Waals surface area contributed by atoms with Crippen molar-refractivity contribution in [3.63, 3.8) is 0 Å². The van der Waals surface area contributed by atoms with Crippen LogP contribution in [-0.2, 0) is 0 Å². The largest absolute Gasteiger partial charge is 0.496 e. The number of methoxy groups -OCH3 is 1. The summed E-state index contributed by atoms with van der Waals surface area (Å²) in [6, 6.07) is 13.1. The van der Waals surface area contributed by atoms with Gasteiger partial charge in [-0.15, -0.1) is 11.3 Å². The minimum absolute atomic E-state index is 0.382. The molecule has 3 rings (SSSR count). The minimum Gasteiger partial charge on any atom is -0.496 e. The van der Waals surface area contributed by atoms with Crippen LogP contribution in [0.2, 0.25) is 0 Å². The lowest BCUT2D eigenvalue weighted by molar-refractivity contribution is 0.223. The van der Waals surface area contributed by atoms with Crippen LogP contribution in [0.5, 0.6) is 5.75 Å². The second-order valence-electron chi connectivity index (χ2n) is 6.18. The highest BCUT2D eigenvalue weighted by atomic mass is 32.1. The summed E-state index contributed by atoms with van der Waals surface area (Å²) in [7, 11) is 3.15. The van der Waals surface area contributed by atoms with Crippen LogP contribution in [0.15, 0.2) is 47.8 Å². The summed E-state index contributed by atoms with van der Waals surface area (Å²) in [5, 5.41) is 6.68. The predicted octanol–water partition coefficient (Wildman–Crippen LogP) is 4.63. The highest BCUT2D eigenvalue weighted by Crippen LogP contribution is 2.31. The van der Waals surface area contributed by atoms with E-state index in [9.17, 15) is 4.79 Å². The van der Waals surface area contributed by atoms with Gasteiger partial charge in [-0.2, -0.15) is 0 Å². The number of nitrogens with two attached hydrogens (primary N) is 1. The summed E-state index contributed by atoms with van der Waals surface area (Å²) in [6.07, 6.45) is 3.89. The van der Waals surface area contributed by atoms with E-state index in [1.807, 2.05) is 66.9 Å². The lowest BCUT2D eigenvalue weighted by atomic mass is 10.1. The van der Waals surface area contributed by atoms with Crippen LogP contribution >= 0.6 is 11.3 Å². The Balaban J connectivity index is 1.87. The Bertz CT molecular complexity index is 1010. The molecule has 3 N–H and O–H groups in total. The van der Waals surface area contributed by atoms with E-state index in [1.54, 1.807) is 18.4 Å². The molecule has 2 amide bonds. The van der Waals surface area contributed by atoms with Gasteiger partial charge in [-0.3, -0.25) is 5.01 Å². The number of hydrogen-bond donors (Lipinski definition) is 2. The van der Waals surface area contributed by atoms with Crippen molar-refractivity contribution in [2.45, 2.75) is 6.92 Å². The maximum absolute atomic E-state index is 11.9. The van der Waals surface area contributed by atoms with E-state index < -0.39 is 0 Å². The number of nitrogens with zero attached hydrogens (tertiary/aromatic N) is 2. The molecule has 1 aromatic heterocycles. The van der Waals surface area contributed by atoms with Gasteiger partial charge in [0.15, 0.2) is 0 Å². The monoisotopic (exact) mass is 394 g/mol. The molecule has 0 atom stereocenters. The first-order chi connectivity index (χ1) is 13.5. The molecule has 0 saturated carbocycles. The number of aryl methyl sites for hydroxylation is 1. The molecule has 2 aromatic carbocycles. The zero-order valence-corrected chi connectivity index (χ0v) is 16.8. The standard InChI is InChI=1S/C21H22N4O2S/c1-14-7-6-9-17(24-21(26)25(2)22)15(14)11-12-20-23-18(13-28-20)16-8-4-5-10-19(16)27-3/h4-13H,22H2,1-3H3,(H,24,26)/b12-11+. The van der Waals surface area contributed by atoms with Crippen molar-refractivity contribution in [2.75, 3.05) is 19.5 Å². The molecule has 0 aliphatic carbocycles. The van der Waals surface area contributed by atoms with Gasteiger partial charge in [-0.25, -0.2) is 15.6 Å². The number of carbonyl (C=O) groups is 1. The van der Waals surface area contributed by atoms with Gasteiger partial charge in [0, 0.05) is 29.2 Å². The third kappa shape index (κ3) is 4.39. The normalized spacial score (nSPS) is 10.9. The predicted molar refractivity (Wildman–Crippen MR) is 115 cm³/mol. The number of ether oxygens (including phenoxy) is 1. The van der Waals surface area contributed by atoms with Crippen LogP contribution < -0.4 is 15.9 Å². The Labute approximate surface area is 168 Å². The fourth-order valence-corrected chi connectivity index (χ4v) is 3.42. The van der Waals surface area contributed by atoms with E-state index in [2.05, 4.69) is 10.3 Å². The van der Waals surface area contributed by atoms with Crippen molar-refractivity contribution < 1.29 is 9.53 Å². The molecule has 0 aliphatic heterocycles. The van der Waals surface area contributed by atoms with E-state index in [-0.39, 0.29) is 6.03 Å². The molecule has 28 heavy (non-hydrogen) atoms. The molecular weight excluding hydrogens is 372 g/mol. The molecule has 7 heteroatoms. The Morgan fingerprint density at radius 3 is 2.75 bits per heavy atom. The first-order valence-electron chi connectivity index (χ1n) is 8.65. The number of benzene rings is 2. The van der Waals surface area contributed by atoms with Gasteiger partial charge in [0.2, 0.25) is 0 Å². The highest BCUT2D eigenvalue weighted by Gasteiger charge is 2.10. The molecule has 0 fully saturated rings. The molecule has 1 heterocycles. The third-order valence-electron chi connectivity index (χ3n) is 4.18. The van der Waals surface area contributed by atoms with Crippen LogP contribution in [0.25, 0.3) is 23.4 Å². The maximum atomic E-state index is 11.9. The molecule has 0 unspecified atom stereocenters. The highest BCUT2D eigenvalue weighted by molar-refractivity contribution is 7.10. The zero-order valence-electron chi connectivity index (χ0n) is 16.0. The first kappa shape index (κ1) is 19.6. The second kappa shape index (κ2) is 8.69. The second-order valence-corrected chi connectivity index (χ2v) is 7.07. The van der Waals surface area contributed by atoms with Crippen LogP contribution in [0.4, 0.5) is 10.5 Å². The van der Waals surface area contributed by atoms with Crippen LogP contribution in [0.1, 0.15) is 16.1 Å². The number of thiazole rings is 1. The lowest BCUT2D eigenvalue weighted by Gasteiger charge is -2.14. The first-order valence-corrected chi connectivity index (χ1v) is 9.53. The van der Waals surface area contributed by atoms with Crippen LogP contribution in [0.3, 0.4) is 0 Å². The number of hydrogen-bond acceptors (Lipinski definition) is 5. The number of urea groups is 1.